The topological polar surface area (TPSA) is 37.4 Å². The molecule has 0 aliphatic rings. The molecule has 8 heteroatoms. The Bertz CT molecular complexity index is 543. The number of alkyl halides is 3. The minimum absolute atomic E-state index is 0.0532. The molecule has 0 heterocycles. The van der Waals surface area contributed by atoms with Gasteiger partial charge in [0.05, 0.1) is 22.0 Å². The Morgan fingerprint density at radius 3 is 2.33 bits per heavy atom. The van der Waals surface area contributed by atoms with Crippen molar-refractivity contribution < 1.29 is 21.6 Å². The van der Waals surface area contributed by atoms with Crippen molar-refractivity contribution in [1.82, 2.24) is 0 Å². The number of halogens is 4. The highest BCUT2D eigenvalue weighted by Gasteiger charge is 2.32. The lowest BCUT2D eigenvalue weighted by molar-refractivity contribution is -0.137. The van der Waals surface area contributed by atoms with Gasteiger partial charge in [0.15, 0.2) is 0 Å². The molecule has 3 nitrogen and oxygen atoms in total. The number of hydrogen-bond donors (Lipinski definition) is 0. The molecule has 0 fully saturated rings. The molecule has 0 aliphatic heterocycles. The highest BCUT2D eigenvalue weighted by molar-refractivity contribution is 7.92. The minimum Gasteiger partial charge on any atom is -0.272 e. The molecule has 0 unspecified atom stereocenters. The van der Waals surface area contributed by atoms with Crippen LogP contribution in [0.25, 0.3) is 0 Å². The zero-order chi connectivity index (χ0) is 14.1. The second kappa shape index (κ2) is 4.97. The van der Waals surface area contributed by atoms with Crippen molar-refractivity contribution in [3.05, 3.63) is 28.8 Å². The van der Waals surface area contributed by atoms with Gasteiger partial charge in [-0.15, -0.1) is 0 Å². The minimum atomic E-state index is -4.55. The molecular weight excluding hydrogens is 291 g/mol. The fourth-order valence-corrected chi connectivity index (χ4v) is 2.41. The smallest absolute Gasteiger partial charge is 0.272 e. The van der Waals surface area contributed by atoms with Gasteiger partial charge >= 0.3 is 6.18 Å². The van der Waals surface area contributed by atoms with Crippen molar-refractivity contribution in [1.29, 1.82) is 0 Å². The predicted octanol–water partition coefficient (Wildman–Crippen LogP) is 3.14. The van der Waals surface area contributed by atoms with Gasteiger partial charge in [0.25, 0.3) is 0 Å². The number of rotatable bonds is 3. The molecule has 1 rings (SSSR count). The van der Waals surface area contributed by atoms with Gasteiger partial charge in [-0.05, 0) is 25.1 Å². The maximum absolute atomic E-state index is 12.5. The molecular formula is C10H11ClF3NO2S. The van der Waals surface area contributed by atoms with Gasteiger partial charge < -0.3 is 0 Å². The van der Waals surface area contributed by atoms with Crippen molar-refractivity contribution in [3.8, 4) is 0 Å². The van der Waals surface area contributed by atoms with E-state index in [9.17, 15) is 21.6 Å². The summed E-state index contributed by atoms with van der Waals surface area (Å²) in [5.41, 5.74) is -1.13. The zero-order valence-corrected chi connectivity index (χ0v) is 11.2. The van der Waals surface area contributed by atoms with E-state index in [1.165, 1.54) is 14.0 Å². The molecule has 1 aromatic rings. The van der Waals surface area contributed by atoms with Gasteiger partial charge in [-0.25, -0.2) is 8.42 Å². The third-order valence-electron chi connectivity index (χ3n) is 2.39. The van der Waals surface area contributed by atoms with Crippen LogP contribution < -0.4 is 4.31 Å². The Labute approximate surface area is 108 Å². The van der Waals surface area contributed by atoms with Crippen LogP contribution in [0.15, 0.2) is 18.2 Å². The molecule has 0 aromatic heterocycles. The van der Waals surface area contributed by atoms with E-state index in [4.69, 9.17) is 11.6 Å². The molecule has 0 N–H and O–H groups in total. The van der Waals surface area contributed by atoms with E-state index in [1.54, 1.807) is 0 Å². The molecule has 0 aliphatic carbocycles. The fraction of sp³-hybridized carbons (Fsp3) is 0.400. The van der Waals surface area contributed by atoms with E-state index in [0.29, 0.717) is 0 Å². The van der Waals surface area contributed by atoms with Gasteiger partial charge in [0, 0.05) is 7.05 Å². The molecule has 0 amide bonds. The summed E-state index contributed by atoms with van der Waals surface area (Å²) in [6, 6.07) is 2.55. The van der Waals surface area contributed by atoms with Crippen LogP contribution in [-0.2, 0) is 16.2 Å². The SMILES string of the molecule is CCS(=O)(=O)N(C)c1cc(C(F)(F)F)ccc1Cl. The average molecular weight is 302 g/mol. The normalized spacial score (nSPS) is 12.6. The summed E-state index contributed by atoms with van der Waals surface area (Å²) in [4.78, 5) is 0. The van der Waals surface area contributed by atoms with Gasteiger partial charge in [-0.3, -0.25) is 4.31 Å². The van der Waals surface area contributed by atoms with Gasteiger partial charge in [-0.1, -0.05) is 11.6 Å². The first-order valence-corrected chi connectivity index (χ1v) is 6.91. The maximum Gasteiger partial charge on any atom is 0.416 e. The summed E-state index contributed by atoms with van der Waals surface area (Å²) in [5.74, 6) is -0.226. The average Bonchev–Trinajstić information content (AvgIpc) is 2.27. The first-order valence-electron chi connectivity index (χ1n) is 4.93. The van der Waals surface area contributed by atoms with Crippen LogP contribution >= 0.6 is 11.6 Å². The Hall–Kier alpha value is -0.950. The number of hydrogen-bond acceptors (Lipinski definition) is 2. The first-order chi connectivity index (χ1) is 8.09. The predicted molar refractivity (Wildman–Crippen MR) is 64.3 cm³/mol. The van der Waals surface area contributed by atoms with Gasteiger partial charge in [-0.2, -0.15) is 13.2 Å². The van der Waals surface area contributed by atoms with Crippen LogP contribution in [0, 0.1) is 0 Å². The molecule has 0 atom stereocenters. The zero-order valence-electron chi connectivity index (χ0n) is 9.62. The summed E-state index contributed by atoms with van der Waals surface area (Å²) >= 11 is 5.73. The van der Waals surface area contributed by atoms with E-state index in [2.05, 4.69) is 0 Å². The second-order valence-corrected chi connectivity index (χ2v) is 6.23. The summed E-state index contributed by atoms with van der Waals surface area (Å²) in [6.07, 6.45) is -4.55. The Morgan fingerprint density at radius 2 is 1.89 bits per heavy atom. The second-order valence-electron chi connectivity index (χ2n) is 3.53. The third kappa shape index (κ3) is 3.08. The van der Waals surface area contributed by atoms with E-state index in [-0.39, 0.29) is 16.5 Å². The van der Waals surface area contributed by atoms with Crippen LogP contribution in [0.2, 0.25) is 5.02 Å². The van der Waals surface area contributed by atoms with Crippen LogP contribution in [-0.4, -0.2) is 21.2 Å². The molecule has 0 radical (unpaired) electrons. The maximum atomic E-state index is 12.5. The van der Waals surface area contributed by atoms with E-state index in [0.717, 1.165) is 22.5 Å². The quantitative estimate of drug-likeness (QED) is 0.860. The van der Waals surface area contributed by atoms with E-state index < -0.39 is 21.8 Å². The lowest BCUT2D eigenvalue weighted by atomic mass is 10.2. The summed E-state index contributed by atoms with van der Waals surface area (Å²) in [5, 5.41) is -0.0532. The van der Waals surface area contributed by atoms with Gasteiger partial charge in [0.2, 0.25) is 10.0 Å². The number of benzene rings is 1. The van der Waals surface area contributed by atoms with Crippen LogP contribution in [0.5, 0.6) is 0 Å². The first kappa shape index (κ1) is 15.1. The van der Waals surface area contributed by atoms with Crippen molar-refractivity contribution in [2.75, 3.05) is 17.1 Å². The number of nitrogens with zero attached hydrogens (tertiary/aromatic N) is 1. The third-order valence-corrected chi connectivity index (χ3v) is 4.48. The monoisotopic (exact) mass is 301 g/mol. The highest BCUT2D eigenvalue weighted by atomic mass is 35.5. The van der Waals surface area contributed by atoms with Crippen molar-refractivity contribution >= 4 is 27.3 Å². The number of anilines is 1. The molecule has 0 spiro atoms. The molecule has 0 saturated carbocycles. The van der Waals surface area contributed by atoms with E-state index >= 15 is 0 Å². The van der Waals surface area contributed by atoms with Crippen molar-refractivity contribution in [2.24, 2.45) is 0 Å². The van der Waals surface area contributed by atoms with Crippen LogP contribution in [0.4, 0.5) is 18.9 Å². The Balaban J connectivity index is 3.33. The molecule has 102 valence electrons. The largest absolute Gasteiger partial charge is 0.416 e. The van der Waals surface area contributed by atoms with Crippen molar-refractivity contribution in [2.45, 2.75) is 13.1 Å². The molecule has 0 bridgehead atoms. The summed E-state index contributed by atoms with van der Waals surface area (Å²) in [6.45, 7) is 1.40. The lowest BCUT2D eigenvalue weighted by Gasteiger charge is -2.21. The molecule has 0 saturated heterocycles. The van der Waals surface area contributed by atoms with Gasteiger partial charge in [0.1, 0.15) is 0 Å². The number of sulfonamides is 1. The Morgan fingerprint density at radius 1 is 1.33 bits per heavy atom. The van der Waals surface area contributed by atoms with Crippen molar-refractivity contribution in [3.63, 3.8) is 0 Å². The standard InChI is InChI=1S/C10H11ClF3NO2S/c1-3-18(16,17)15(2)9-6-7(10(12,13)14)4-5-8(9)11/h4-6H,3H2,1-2H3. The fourth-order valence-electron chi connectivity index (χ4n) is 1.27. The lowest BCUT2D eigenvalue weighted by Crippen LogP contribution is -2.28. The molecule has 1 aromatic carbocycles. The van der Waals surface area contributed by atoms with E-state index in [1.807, 2.05) is 0 Å². The van der Waals surface area contributed by atoms with Crippen LogP contribution in [0.3, 0.4) is 0 Å². The molecule has 18 heavy (non-hydrogen) atoms. The summed E-state index contributed by atoms with van der Waals surface area (Å²) in [7, 11) is -2.49. The van der Waals surface area contributed by atoms with Crippen LogP contribution in [0.1, 0.15) is 12.5 Å². The summed E-state index contributed by atoms with van der Waals surface area (Å²) < 4.78 is 61.5. The Kier molecular flexibility index (Phi) is 4.17. The highest BCUT2D eigenvalue weighted by Crippen LogP contribution is 2.35.